The topological polar surface area (TPSA) is 109 Å². The number of benzene rings is 3. The van der Waals surface area contributed by atoms with Gasteiger partial charge >= 0.3 is 0 Å². The second kappa shape index (κ2) is 9.14. The molecule has 0 radical (unpaired) electrons. The van der Waals surface area contributed by atoms with Gasteiger partial charge in [0.2, 0.25) is 5.96 Å². The molecule has 11 heteroatoms. The number of allylic oxidation sites excluding steroid dienone is 2. The Bertz CT molecular complexity index is 1960. The normalized spacial score (nSPS) is 17.3. The molecular formula is C29H18ClN7O3. The number of hydrogen-bond donors (Lipinski definition) is 0. The number of nitrogens with zero attached hydrogens (tertiary/aromatic N) is 7. The fourth-order valence-electron chi connectivity index (χ4n) is 5.15. The monoisotopic (exact) mass is 547 g/mol. The highest BCUT2D eigenvalue weighted by molar-refractivity contribution is 6.30. The molecule has 1 aromatic heterocycles. The van der Waals surface area contributed by atoms with Gasteiger partial charge in [-0.05, 0) is 42.0 Å². The molecule has 40 heavy (non-hydrogen) atoms. The van der Waals surface area contributed by atoms with E-state index in [9.17, 15) is 14.9 Å². The zero-order valence-corrected chi connectivity index (χ0v) is 21.4. The zero-order valence-electron chi connectivity index (χ0n) is 20.6. The summed E-state index contributed by atoms with van der Waals surface area (Å²) in [5.74, 6) is 0.931. The van der Waals surface area contributed by atoms with Crippen LogP contribution in [0, 0.1) is 10.1 Å². The van der Waals surface area contributed by atoms with Crippen molar-refractivity contribution in [3.05, 3.63) is 128 Å². The molecule has 0 saturated heterocycles. The van der Waals surface area contributed by atoms with E-state index in [0.717, 1.165) is 11.3 Å². The van der Waals surface area contributed by atoms with Gasteiger partial charge in [0.1, 0.15) is 18.2 Å². The minimum atomic E-state index is -0.444. The molecular weight excluding hydrogens is 530 g/mol. The van der Waals surface area contributed by atoms with Gasteiger partial charge in [0.05, 0.1) is 27.2 Å². The molecule has 0 N–H and O–H groups in total. The first-order valence-electron chi connectivity index (χ1n) is 12.3. The summed E-state index contributed by atoms with van der Waals surface area (Å²) in [6, 6.07) is 20.4. The molecule has 194 valence electrons. The Kier molecular flexibility index (Phi) is 5.43. The predicted octanol–water partition coefficient (Wildman–Crippen LogP) is 5.42. The highest BCUT2D eigenvalue weighted by Gasteiger charge is 2.39. The fourth-order valence-corrected chi connectivity index (χ4v) is 5.34. The van der Waals surface area contributed by atoms with E-state index in [2.05, 4.69) is 15.1 Å². The van der Waals surface area contributed by atoms with Gasteiger partial charge in [-0.15, -0.1) is 0 Å². The van der Waals surface area contributed by atoms with Crippen LogP contribution in [-0.2, 0) is 0 Å². The van der Waals surface area contributed by atoms with E-state index in [1.165, 1.54) is 12.1 Å². The Balaban J connectivity index is 1.40. The van der Waals surface area contributed by atoms with E-state index < -0.39 is 4.92 Å². The van der Waals surface area contributed by atoms with Gasteiger partial charge in [0.25, 0.3) is 11.2 Å². The average Bonchev–Trinajstić information content (AvgIpc) is 3.41. The molecule has 0 amide bonds. The number of anilines is 1. The SMILES string of the molecule is O=c1nc(-c2cccc(Cl)c2)n(C2=CC=CC3=CN=C4N(c5cccc([N+](=O)[O-])c5)N=CN4C32)c2ccccc12. The maximum Gasteiger partial charge on any atom is 0.281 e. The number of nitro groups is 1. The van der Waals surface area contributed by atoms with Crippen LogP contribution in [0.2, 0.25) is 5.02 Å². The van der Waals surface area contributed by atoms with E-state index in [-0.39, 0.29) is 17.3 Å². The molecule has 0 bridgehead atoms. The molecule has 3 aromatic carbocycles. The van der Waals surface area contributed by atoms with Gasteiger partial charge < -0.3 is 0 Å². The third-order valence-electron chi connectivity index (χ3n) is 6.89. The molecule has 0 saturated carbocycles. The Morgan fingerprint density at radius 3 is 2.70 bits per heavy atom. The van der Waals surface area contributed by atoms with Crippen LogP contribution >= 0.6 is 11.6 Å². The van der Waals surface area contributed by atoms with Gasteiger partial charge in [-0.3, -0.25) is 24.4 Å². The van der Waals surface area contributed by atoms with Crippen molar-refractivity contribution in [1.82, 2.24) is 14.5 Å². The van der Waals surface area contributed by atoms with Crippen LogP contribution in [0.3, 0.4) is 0 Å². The number of non-ortho nitro benzene ring substituents is 1. The first-order chi connectivity index (χ1) is 19.5. The number of fused-ring (bicyclic) bond motifs is 4. The van der Waals surface area contributed by atoms with Crippen molar-refractivity contribution in [3.8, 4) is 11.4 Å². The van der Waals surface area contributed by atoms with Crippen molar-refractivity contribution in [1.29, 1.82) is 0 Å². The summed E-state index contributed by atoms with van der Waals surface area (Å²) in [7, 11) is 0. The molecule has 4 aromatic rings. The molecule has 3 aliphatic rings. The van der Waals surface area contributed by atoms with Crippen LogP contribution in [0.4, 0.5) is 11.4 Å². The van der Waals surface area contributed by atoms with Crippen LogP contribution in [0.1, 0.15) is 0 Å². The third-order valence-corrected chi connectivity index (χ3v) is 7.13. The molecule has 7 rings (SSSR count). The van der Waals surface area contributed by atoms with E-state index in [1.54, 1.807) is 47.9 Å². The maximum absolute atomic E-state index is 13.1. The minimum Gasteiger partial charge on any atom is -0.295 e. The van der Waals surface area contributed by atoms with Crippen molar-refractivity contribution in [2.24, 2.45) is 10.1 Å². The van der Waals surface area contributed by atoms with Crippen molar-refractivity contribution < 1.29 is 4.92 Å². The number of nitro benzene ring substituents is 1. The van der Waals surface area contributed by atoms with Crippen LogP contribution in [0.5, 0.6) is 0 Å². The number of halogens is 1. The summed E-state index contributed by atoms with van der Waals surface area (Å²) >= 11 is 6.34. The Labute approximate surface area is 231 Å². The molecule has 0 spiro atoms. The van der Waals surface area contributed by atoms with Crippen LogP contribution in [-0.4, -0.2) is 37.7 Å². The van der Waals surface area contributed by atoms with Crippen molar-refractivity contribution in [2.45, 2.75) is 6.04 Å². The summed E-state index contributed by atoms with van der Waals surface area (Å²) < 4.78 is 1.97. The van der Waals surface area contributed by atoms with E-state index in [1.807, 2.05) is 58.0 Å². The Morgan fingerprint density at radius 2 is 1.85 bits per heavy atom. The minimum absolute atomic E-state index is 0.0445. The van der Waals surface area contributed by atoms with Crippen LogP contribution in [0.25, 0.3) is 28.0 Å². The number of aromatic nitrogens is 2. The van der Waals surface area contributed by atoms with Crippen LogP contribution in [0.15, 0.2) is 118 Å². The van der Waals surface area contributed by atoms with Crippen molar-refractivity contribution in [3.63, 3.8) is 0 Å². The molecule has 3 heterocycles. The van der Waals surface area contributed by atoms with Gasteiger partial charge in [-0.1, -0.05) is 54.1 Å². The number of hydrogen-bond acceptors (Lipinski definition) is 8. The number of rotatable bonds is 4. The number of guanidine groups is 1. The lowest BCUT2D eigenvalue weighted by atomic mass is 9.96. The van der Waals surface area contributed by atoms with Crippen molar-refractivity contribution in [2.75, 3.05) is 5.01 Å². The quantitative estimate of drug-likeness (QED) is 0.249. The van der Waals surface area contributed by atoms with E-state index in [4.69, 9.17) is 11.6 Å². The maximum atomic E-state index is 13.1. The van der Waals surface area contributed by atoms with Gasteiger partial charge in [0.15, 0.2) is 0 Å². The summed E-state index contributed by atoms with van der Waals surface area (Å²) in [5, 5.41) is 18.5. The van der Waals surface area contributed by atoms with Crippen LogP contribution < -0.4 is 10.6 Å². The number of hydrazone groups is 1. The molecule has 1 atom stereocenters. The predicted molar refractivity (Wildman–Crippen MR) is 155 cm³/mol. The molecule has 10 nitrogen and oxygen atoms in total. The molecule has 1 aliphatic carbocycles. The average molecular weight is 548 g/mol. The number of para-hydroxylation sites is 1. The highest BCUT2D eigenvalue weighted by atomic mass is 35.5. The highest BCUT2D eigenvalue weighted by Crippen LogP contribution is 2.37. The molecule has 0 fully saturated rings. The first-order valence-corrected chi connectivity index (χ1v) is 12.7. The second-order valence-electron chi connectivity index (χ2n) is 9.24. The van der Waals surface area contributed by atoms with Crippen molar-refractivity contribution >= 4 is 51.9 Å². The van der Waals surface area contributed by atoms with Gasteiger partial charge in [0, 0.05) is 28.9 Å². The molecule has 2 aliphatic heterocycles. The first kappa shape index (κ1) is 23.7. The standard InChI is InChI=1S/C29H18ClN7O3/c30-20-8-3-6-18(14-20)27-33-28(38)23-11-1-2-12-24(23)35(27)25-13-4-7-19-16-31-29-34(26(19)25)17-32-36(29)21-9-5-10-22(15-21)37(39)40/h1-17,26H. The Hall–Kier alpha value is -5.35. The zero-order chi connectivity index (χ0) is 27.4. The summed E-state index contributed by atoms with van der Waals surface area (Å²) in [5.41, 5.74) is 3.21. The second-order valence-corrected chi connectivity index (χ2v) is 9.68. The Morgan fingerprint density at radius 1 is 1.00 bits per heavy atom. The molecule has 1 unspecified atom stereocenters. The number of aliphatic imine (C=N–C) groups is 1. The van der Waals surface area contributed by atoms with Gasteiger partial charge in [-0.2, -0.15) is 15.1 Å². The third kappa shape index (κ3) is 3.73. The lowest BCUT2D eigenvalue weighted by molar-refractivity contribution is -0.384. The summed E-state index contributed by atoms with van der Waals surface area (Å²) in [4.78, 5) is 35.1. The largest absolute Gasteiger partial charge is 0.295 e. The summed E-state index contributed by atoms with van der Waals surface area (Å²) in [6.07, 6.45) is 9.28. The smallest absolute Gasteiger partial charge is 0.281 e. The lowest BCUT2D eigenvalue weighted by Crippen LogP contribution is -2.46. The lowest BCUT2D eigenvalue weighted by Gasteiger charge is -2.36. The van der Waals surface area contributed by atoms with E-state index in [0.29, 0.717) is 39.0 Å². The summed E-state index contributed by atoms with van der Waals surface area (Å²) in [6.45, 7) is 0. The van der Waals surface area contributed by atoms with E-state index >= 15 is 0 Å². The van der Waals surface area contributed by atoms with Gasteiger partial charge in [-0.25, -0.2) is 4.99 Å². The fraction of sp³-hybridized carbons (Fsp3) is 0.0345.